The maximum Gasteiger partial charge on any atom is 0.255 e. The van der Waals surface area contributed by atoms with Crippen LogP contribution in [-0.4, -0.2) is 38.4 Å². The van der Waals surface area contributed by atoms with Gasteiger partial charge in [0.05, 0.1) is 32.5 Å². The van der Waals surface area contributed by atoms with E-state index in [4.69, 9.17) is 23.7 Å². The predicted octanol–water partition coefficient (Wildman–Crippen LogP) is 5.60. The fourth-order valence-corrected chi connectivity index (χ4v) is 3.44. The lowest BCUT2D eigenvalue weighted by molar-refractivity contribution is -0.259. The summed E-state index contributed by atoms with van der Waals surface area (Å²) in [5.41, 5.74) is 1.97. The van der Waals surface area contributed by atoms with Gasteiger partial charge in [0.2, 0.25) is 5.75 Å². The molecule has 7 nitrogen and oxygen atoms in total. The van der Waals surface area contributed by atoms with Gasteiger partial charge in [-0.1, -0.05) is 26.0 Å². The van der Waals surface area contributed by atoms with Gasteiger partial charge in [-0.05, 0) is 52.0 Å². The van der Waals surface area contributed by atoms with E-state index >= 15 is 0 Å². The minimum Gasteiger partial charge on any atom is -0.490 e. The van der Waals surface area contributed by atoms with Crippen molar-refractivity contribution in [3.63, 3.8) is 0 Å². The molecule has 1 heterocycles. The summed E-state index contributed by atoms with van der Waals surface area (Å²) in [6.45, 7) is 13.9. The predicted molar refractivity (Wildman–Crippen MR) is 127 cm³/mol. The molecule has 7 heteroatoms. The summed E-state index contributed by atoms with van der Waals surface area (Å²) in [6, 6.07) is 10.8. The highest BCUT2D eigenvalue weighted by Crippen LogP contribution is 2.39. The molecule has 0 spiro atoms. The Bertz CT molecular complexity index is 913. The van der Waals surface area contributed by atoms with Crippen LogP contribution < -0.4 is 19.5 Å². The number of anilines is 1. The van der Waals surface area contributed by atoms with E-state index < -0.39 is 6.29 Å². The Hall–Kier alpha value is -2.77. The second kappa shape index (κ2) is 10.9. The Morgan fingerprint density at radius 1 is 1.00 bits per heavy atom. The molecule has 0 unspecified atom stereocenters. The van der Waals surface area contributed by atoms with Gasteiger partial charge in [0.25, 0.3) is 5.91 Å². The van der Waals surface area contributed by atoms with Crippen LogP contribution in [0.4, 0.5) is 5.69 Å². The van der Waals surface area contributed by atoms with E-state index in [2.05, 4.69) is 26.1 Å². The highest BCUT2D eigenvalue weighted by atomic mass is 16.7. The van der Waals surface area contributed by atoms with E-state index in [1.165, 1.54) is 0 Å². The first kappa shape index (κ1) is 24.9. The minimum atomic E-state index is -0.411. The summed E-state index contributed by atoms with van der Waals surface area (Å²) in [5, 5.41) is 2.93. The van der Waals surface area contributed by atoms with Crippen LogP contribution in [0.2, 0.25) is 0 Å². The molecule has 0 aliphatic carbocycles. The minimum absolute atomic E-state index is 0.0250. The topological polar surface area (TPSA) is 75.3 Å². The fourth-order valence-electron chi connectivity index (χ4n) is 3.44. The van der Waals surface area contributed by atoms with Crippen molar-refractivity contribution < 1.29 is 28.5 Å². The van der Waals surface area contributed by atoms with E-state index in [9.17, 15) is 4.79 Å². The summed E-state index contributed by atoms with van der Waals surface area (Å²) in [4.78, 5) is 13.0. The van der Waals surface area contributed by atoms with E-state index in [1.807, 2.05) is 45.0 Å². The molecule has 1 saturated heterocycles. The lowest BCUT2D eigenvalue weighted by Gasteiger charge is -2.40. The van der Waals surface area contributed by atoms with Crippen molar-refractivity contribution in [3.05, 3.63) is 47.5 Å². The van der Waals surface area contributed by atoms with Crippen molar-refractivity contribution in [1.29, 1.82) is 0 Å². The van der Waals surface area contributed by atoms with Crippen LogP contribution >= 0.6 is 0 Å². The highest BCUT2D eigenvalue weighted by molar-refractivity contribution is 6.05. The third-order valence-electron chi connectivity index (χ3n) is 5.65. The summed E-state index contributed by atoms with van der Waals surface area (Å²) < 4.78 is 29.1. The fraction of sp³-hybridized carbons (Fsp3) is 0.500. The smallest absolute Gasteiger partial charge is 0.255 e. The maximum absolute atomic E-state index is 13.0. The van der Waals surface area contributed by atoms with Crippen LogP contribution in [0.25, 0.3) is 0 Å². The molecule has 33 heavy (non-hydrogen) atoms. The average Bonchev–Trinajstić information content (AvgIpc) is 2.78. The van der Waals surface area contributed by atoms with Gasteiger partial charge in [0.15, 0.2) is 17.8 Å². The van der Waals surface area contributed by atoms with E-state index in [1.54, 1.807) is 12.1 Å². The molecular weight excluding hydrogens is 422 g/mol. The van der Waals surface area contributed by atoms with E-state index in [-0.39, 0.29) is 17.4 Å². The second-order valence-electron chi connectivity index (χ2n) is 8.59. The van der Waals surface area contributed by atoms with Crippen LogP contribution in [0.1, 0.15) is 63.8 Å². The van der Waals surface area contributed by atoms with Gasteiger partial charge in [0.1, 0.15) is 0 Å². The Labute approximate surface area is 196 Å². The zero-order valence-electron chi connectivity index (χ0n) is 20.4. The number of hydrogen-bond acceptors (Lipinski definition) is 6. The quantitative estimate of drug-likeness (QED) is 0.529. The largest absolute Gasteiger partial charge is 0.490 e. The lowest BCUT2D eigenvalue weighted by atomic mass is 9.87. The Kier molecular flexibility index (Phi) is 8.21. The van der Waals surface area contributed by atoms with E-state index in [0.29, 0.717) is 54.9 Å². The molecule has 1 fully saturated rings. The van der Waals surface area contributed by atoms with Gasteiger partial charge in [0, 0.05) is 22.2 Å². The van der Waals surface area contributed by atoms with Crippen molar-refractivity contribution in [2.45, 2.75) is 53.9 Å². The SMILES string of the molecule is CCOc1cc(C(=O)Nc2ccc([C@@H]3OCC(C)(C)[C@H](C)O3)cc2)cc(OCC)c1OCC. The molecule has 2 aromatic rings. The van der Waals surface area contributed by atoms with Gasteiger partial charge >= 0.3 is 0 Å². The first-order valence-corrected chi connectivity index (χ1v) is 11.5. The highest BCUT2D eigenvalue weighted by Gasteiger charge is 2.35. The molecular formula is C26H35NO6. The first-order valence-electron chi connectivity index (χ1n) is 11.5. The standard InChI is InChI=1S/C26H35NO6/c1-7-29-21-14-19(15-22(30-8-2)23(21)31-9-3)24(28)27-20-12-10-18(11-13-20)25-32-16-26(5,6)17(4)33-25/h10-15,17,25H,7-9,16H2,1-6H3,(H,27,28)/t17-,25+/m0/s1. The van der Waals surface area contributed by atoms with Gasteiger partial charge in [-0.3, -0.25) is 4.79 Å². The molecule has 0 radical (unpaired) electrons. The maximum atomic E-state index is 13.0. The second-order valence-corrected chi connectivity index (χ2v) is 8.59. The molecule has 1 aliphatic rings. The molecule has 1 aliphatic heterocycles. The van der Waals surface area contributed by atoms with Gasteiger partial charge < -0.3 is 29.0 Å². The Balaban J connectivity index is 1.75. The number of amides is 1. The van der Waals surface area contributed by atoms with Crippen LogP contribution in [0, 0.1) is 5.41 Å². The molecule has 180 valence electrons. The summed E-state index contributed by atoms with van der Waals surface area (Å²) in [5.74, 6) is 1.20. The number of carbonyl (C=O) groups excluding carboxylic acids is 1. The summed E-state index contributed by atoms with van der Waals surface area (Å²) in [7, 11) is 0. The van der Waals surface area contributed by atoms with Crippen LogP contribution in [0.15, 0.2) is 36.4 Å². The number of rotatable bonds is 9. The molecule has 1 amide bonds. The van der Waals surface area contributed by atoms with Gasteiger partial charge in [-0.15, -0.1) is 0 Å². The van der Waals surface area contributed by atoms with Crippen molar-refractivity contribution in [2.24, 2.45) is 5.41 Å². The zero-order valence-corrected chi connectivity index (χ0v) is 20.4. The first-order chi connectivity index (χ1) is 15.8. The number of ether oxygens (including phenoxy) is 5. The van der Waals surface area contributed by atoms with Crippen LogP contribution in [0.5, 0.6) is 17.2 Å². The number of benzene rings is 2. The normalized spacial score (nSPS) is 19.6. The van der Waals surface area contributed by atoms with Gasteiger partial charge in [-0.25, -0.2) is 0 Å². The molecule has 3 rings (SSSR count). The van der Waals surface area contributed by atoms with Crippen LogP contribution in [-0.2, 0) is 9.47 Å². The van der Waals surface area contributed by atoms with E-state index in [0.717, 1.165) is 5.56 Å². The molecule has 0 saturated carbocycles. The molecule has 1 N–H and O–H groups in total. The average molecular weight is 458 g/mol. The Morgan fingerprint density at radius 2 is 1.58 bits per heavy atom. The number of hydrogen-bond donors (Lipinski definition) is 1. The molecule has 0 bridgehead atoms. The number of nitrogens with one attached hydrogen (secondary N) is 1. The Morgan fingerprint density at radius 3 is 2.09 bits per heavy atom. The third-order valence-corrected chi connectivity index (χ3v) is 5.65. The van der Waals surface area contributed by atoms with Crippen molar-refractivity contribution in [2.75, 3.05) is 31.7 Å². The molecule has 0 aromatic heterocycles. The van der Waals surface area contributed by atoms with Crippen molar-refractivity contribution in [3.8, 4) is 17.2 Å². The molecule has 2 aromatic carbocycles. The molecule has 2 atom stereocenters. The van der Waals surface area contributed by atoms with Crippen molar-refractivity contribution in [1.82, 2.24) is 0 Å². The monoisotopic (exact) mass is 457 g/mol. The summed E-state index contributed by atoms with van der Waals surface area (Å²) in [6.07, 6.45) is -0.333. The van der Waals surface area contributed by atoms with Crippen LogP contribution in [0.3, 0.4) is 0 Å². The number of carbonyl (C=O) groups is 1. The van der Waals surface area contributed by atoms with Crippen molar-refractivity contribution >= 4 is 11.6 Å². The van der Waals surface area contributed by atoms with Gasteiger partial charge in [-0.2, -0.15) is 0 Å². The third kappa shape index (κ3) is 5.97. The summed E-state index contributed by atoms with van der Waals surface area (Å²) >= 11 is 0. The zero-order chi connectivity index (χ0) is 24.0. The lowest BCUT2D eigenvalue weighted by Crippen LogP contribution is -2.40.